The second-order valence-electron chi connectivity index (χ2n) is 30.0. The van der Waals surface area contributed by atoms with Crippen molar-refractivity contribution in [3.8, 4) is 51.4 Å². The van der Waals surface area contributed by atoms with Gasteiger partial charge in [0.15, 0.2) is 50.9 Å². The minimum atomic E-state index is -0.133. The molecular formula is C87H96N18O6. The quantitative estimate of drug-likeness (QED) is 0.0513. The van der Waals surface area contributed by atoms with Crippen molar-refractivity contribution < 1.29 is 29.5 Å². The summed E-state index contributed by atoms with van der Waals surface area (Å²) in [6.45, 7) is 11.7. The van der Waals surface area contributed by atoms with E-state index in [1.165, 1.54) is 83.5 Å². The molecule has 6 aromatic heterocycles. The van der Waals surface area contributed by atoms with E-state index in [4.69, 9.17) is 31.4 Å². The fraction of sp³-hybridized carbons (Fsp3) is 0.345. The van der Waals surface area contributed by atoms with Gasteiger partial charge in [-0.05, 0) is 181 Å². The van der Waals surface area contributed by atoms with Gasteiger partial charge in [0.05, 0.1) is 57.8 Å². The van der Waals surface area contributed by atoms with E-state index >= 15 is 0 Å². The van der Waals surface area contributed by atoms with Crippen molar-refractivity contribution in [2.24, 2.45) is 0 Å². The summed E-state index contributed by atoms with van der Waals surface area (Å²) >= 11 is 0. The first kappa shape index (κ1) is 73.9. The number of hydrogen-bond acceptors (Lipinski definition) is 21. The summed E-state index contributed by atoms with van der Waals surface area (Å²) < 4.78 is 23.6. The Morgan fingerprint density at radius 2 is 0.640 bits per heavy atom. The summed E-state index contributed by atoms with van der Waals surface area (Å²) in [5, 5.41) is 39.1. The second kappa shape index (κ2) is 33.1. The van der Waals surface area contributed by atoms with Crippen LogP contribution in [-0.2, 0) is 58.5 Å². The maximum absolute atomic E-state index is 9.49. The van der Waals surface area contributed by atoms with Crippen molar-refractivity contribution in [1.82, 2.24) is 74.5 Å². The van der Waals surface area contributed by atoms with E-state index in [1.807, 2.05) is 20.8 Å². The molecule has 3 fully saturated rings. The van der Waals surface area contributed by atoms with E-state index in [0.29, 0.717) is 109 Å². The fourth-order valence-electron chi connectivity index (χ4n) is 15.3. The number of ether oxygens (including phenoxy) is 3. The van der Waals surface area contributed by atoms with Crippen molar-refractivity contribution in [1.29, 1.82) is 0 Å². The molecule has 0 saturated heterocycles. The Morgan fingerprint density at radius 3 is 0.910 bits per heavy atom. The van der Waals surface area contributed by atoms with Gasteiger partial charge >= 0.3 is 18.0 Å². The number of aromatic nitrogens is 12. The fourth-order valence-corrected chi connectivity index (χ4v) is 15.3. The minimum Gasteiger partial charge on any atom is -0.463 e. The molecule has 0 spiro atoms. The topological polar surface area (TPSA) is 333 Å². The number of benzene rings is 6. The average Bonchev–Trinajstić information content (AvgIpc) is 1.65. The van der Waals surface area contributed by atoms with Crippen LogP contribution in [0.5, 0.6) is 18.0 Å². The van der Waals surface area contributed by atoms with E-state index in [1.54, 1.807) is 0 Å². The smallest absolute Gasteiger partial charge is 0.320 e. The predicted molar refractivity (Wildman–Crippen MR) is 433 cm³/mol. The molecule has 6 aliphatic rings. The number of nitrogen functional groups attached to an aromatic ring is 3. The predicted octanol–water partition coefficient (Wildman–Crippen LogP) is 11.8. The van der Waals surface area contributed by atoms with Crippen LogP contribution in [0.1, 0.15) is 125 Å². The van der Waals surface area contributed by atoms with Gasteiger partial charge in [-0.25, -0.2) is 15.0 Å². The number of hydrogen-bond donors (Lipinski definition) is 9. The van der Waals surface area contributed by atoms with Crippen LogP contribution < -0.4 is 47.4 Å². The number of aliphatic hydroxyl groups excluding tert-OH is 3. The lowest BCUT2D eigenvalue weighted by atomic mass is 9.89. The third-order valence-corrected chi connectivity index (χ3v) is 21.9. The molecule has 111 heavy (non-hydrogen) atoms. The molecule has 0 unspecified atom stereocenters. The largest absolute Gasteiger partial charge is 0.463 e. The molecule has 6 aromatic carbocycles. The molecule has 24 nitrogen and oxygen atoms in total. The summed E-state index contributed by atoms with van der Waals surface area (Å²) in [6.07, 6.45) is 22.5. The Kier molecular flexibility index (Phi) is 22.1. The lowest BCUT2D eigenvalue weighted by Crippen LogP contribution is -2.43. The molecule has 12 N–H and O–H groups in total. The maximum atomic E-state index is 9.49. The third kappa shape index (κ3) is 17.2. The van der Waals surface area contributed by atoms with Crippen LogP contribution in [0.4, 0.5) is 17.5 Å². The Labute approximate surface area is 645 Å². The number of imidazole rings is 3. The molecule has 3 aliphatic carbocycles. The van der Waals surface area contributed by atoms with Crippen LogP contribution in [0.2, 0.25) is 0 Å². The number of nitrogens with one attached hydrogen (secondary N) is 3. The Hall–Kier alpha value is -11.3. The summed E-state index contributed by atoms with van der Waals surface area (Å²) in [5.41, 5.74) is 40.9. The minimum absolute atomic E-state index is 0.133. The Morgan fingerprint density at radius 1 is 0.360 bits per heavy atom. The summed E-state index contributed by atoms with van der Waals surface area (Å²) in [4.78, 5) is 40.6. The highest BCUT2D eigenvalue weighted by Gasteiger charge is 2.29. The number of rotatable bonds is 12. The number of anilines is 3. The van der Waals surface area contributed by atoms with Gasteiger partial charge in [0.25, 0.3) is 0 Å². The molecule has 18 rings (SSSR count). The number of allylic oxidation sites excluding steroid dienone is 3. The first-order valence-corrected chi connectivity index (χ1v) is 38.8. The van der Waals surface area contributed by atoms with Crippen LogP contribution in [0, 0.1) is 20.8 Å². The highest BCUT2D eigenvalue weighted by Crippen LogP contribution is 2.35. The SMILES string of the molecule is Cc1nc2c(N)nc3nc2n1Cc1ccc(-c2ccc(CNC4CC(O)C4)cc2)c(c1)C/C=C/CCO3.Cc1nc2c(N)nc3nc2n1Cc1ccc(-c2ccc(CNC4CC(O)C4)cc2)c(c1)C/C=C/CCO3.Cc1nc2c(N)nc3nc2n1Cc1ccc(-c2ccc(CNC4CC(O)C4)cc2)c(c1)C/C=C\CCO3. The monoisotopic (exact) mass is 1490 g/mol. The van der Waals surface area contributed by atoms with Gasteiger partial charge in [0.2, 0.25) is 0 Å². The Balaban J connectivity index is 0.000000126. The molecule has 9 heterocycles. The van der Waals surface area contributed by atoms with Crippen LogP contribution in [-0.4, -0.2) is 130 Å². The van der Waals surface area contributed by atoms with Crippen molar-refractivity contribution in [3.63, 3.8) is 0 Å². The van der Waals surface area contributed by atoms with Crippen molar-refractivity contribution in [2.75, 3.05) is 37.0 Å². The van der Waals surface area contributed by atoms with Gasteiger partial charge in [0.1, 0.15) is 17.5 Å². The number of nitrogens with zero attached hydrogens (tertiary/aromatic N) is 12. The van der Waals surface area contributed by atoms with E-state index in [2.05, 4.69) is 238 Å². The molecule has 12 aromatic rings. The zero-order valence-corrected chi connectivity index (χ0v) is 63.1. The first-order chi connectivity index (χ1) is 54.1. The van der Waals surface area contributed by atoms with Crippen molar-refractivity contribution >= 4 is 50.9 Å². The van der Waals surface area contributed by atoms with Crippen LogP contribution >= 0.6 is 0 Å². The highest BCUT2D eigenvalue weighted by atomic mass is 16.5. The average molecular weight is 1490 g/mol. The van der Waals surface area contributed by atoms with Gasteiger partial charge in [-0.2, -0.15) is 29.9 Å². The Bertz CT molecular complexity index is 4890. The zero-order chi connectivity index (χ0) is 76.1. The first-order valence-electron chi connectivity index (χ1n) is 38.8. The molecule has 0 amide bonds. The zero-order valence-electron chi connectivity index (χ0n) is 63.1. The van der Waals surface area contributed by atoms with Gasteiger partial charge in [0, 0.05) is 37.8 Å². The standard InChI is InChI=1S/3C29H32N6O2/c3*1-18-32-26-27(30)33-29-34-28(26)35(18)17-20-8-11-25(22(13-20)5-3-2-4-12-37-29)21-9-6-19(7-10-21)16-31-23-14-24(36)15-23/h3*2-3,6-11,13,23-24,31,36H,4-5,12,14-17H2,1H3,(H2,30,33,34)/b2*3-2+;3-2-. The summed E-state index contributed by atoms with van der Waals surface area (Å²) in [6, 6.07) is 48.6. The maximum Gasteiger partial charge on any atom is 0.320 e. The van der Waals surface area contributed by atoms with Crippen LogP contribution in [0.15, 0.2) is 164 Å². The number of nitrogens with two attached hydrogens (primary N) is 3. The molecule has 0 atom stereocenters. The van der Waals surface area contributed by atoms with Gasteiger partial charge < -0.3 is 76.4 Å². The van der Waals surface area contributed by atoms with Gasteiger partial charge in [-0.15, -0.1) is 0 Å². The lowest BCUT2D eigenvalue weighted by Gasteiger charge is -2.32. The van der Waals surface area contributed by atoms with Crippen molar-refractivity contribution in [3.05, 3.63) is 231 Å². The van der Waals surface area contributed by atoms with Gasteiger partial charge in [-0.1, -0.05) is 164 Å². The number of fused-ring (bicyclic) bond motifs is 9. The van der Waals surface area contributed by atoms with E-state index in [9.17, 15) is 15.3 Å². The molecule has 570 valence electrons. The van der Waals surface area contributed by atoms with E-state index < -0.39 is 0 Å². The molecule has 3 aliphatic heterocycles. The highest BCUT2D eigenvalue weighted by molar-refractivity contribution is 5.85. The van der Waals surface area contributed by atoms with Crippen LogP contribution in [0.3, 0.4) is 0 Å². The van der Waals surface area contributed by atoms with E-state index in [0.717, 1.165) is 114 Å². The third-order valence-electron chi connectivity index (χ3n) is 21.9. The molecule has 3 saturated carbocycles. The number of aliphatic hydroxyl groups is 3. The van der Waals surface area contributed by atoms with E-state index in [-0.39, 0.29) is 36.3 Å². The normalized spacial score (nSPS) is 20.3. The second-order valence-corrected chi connectivity index (χ2v) is 30.0. The lowest BCUT2D eigenvalue weighted by molar-refractivity contribution is 0.0615. The summed E-state index contributed by atoms with van der Waals surface area (Å²) in [5.74, 6) is 3.53. The number of aryl methyl sites for hydroxylation is 3. The molecule has 0 radical (unpaired) electrons. The van der Waals surface area contributed by atoms with Crippen molar-refractivity contribution in [2.45, 2.75) is 174 Å². The van der Waals surface area contributed by atoms with Crippen LogP contribution in [0.25, 0.3) is 66.9 Å². The van der Waals surface area contributed by atoms with Gasteiger partial charge in [-0.3, -0.25) is 0 Å². The molecular weight excluding hydrogens is 1390 g/mol. The molecule has 12 bridgehead atoms. The molecule has 24 heteroatoms. The summed E-state index contributed by atoms with van der Waals surface area (Å²) in [7, 11) is 0.